The lowest BCUT2D eigenvalue weighted by Crippen LogP contribution is -2.41. The normalized spacial score (nSPS) is 13.4. The van der Waals surface area contributed by atoms with Gasteiger partial charge in [0, 0.05) is 21.2 Å². The van der Waals surface area contributed by atoms with Crippen LogP contribution in [0.4, 0.5) is 0 Å². The minimum Gasteiger partial charge on any atom is -0.571 e. The minimum absolute atomic E-state index is 0.0523. The van der Waals surface area contributed by atoms with Crippen molar-refractivity contribution in [3.63, 3.8) is 0 Å². The highest BCUT2D eigenvalue weighted by atomic mass is 16.5. The molecule has 22 heavy (non-hydrogen) atoms. The van der Waals surface area contributed by atoms with E-state index in [-0.39, 0.29) is 23.0 Å². The highest BCUT2D eigenvalue weighted by Crippen LogP contribution is 2.25. The molecule has 1 aromatic heterocycles. The number of ketones is 2. The van der Waals surface area contributed by atoms with Crippen molar-refractivity contribution in [2.75, 3.05) is 20.6 Å². The zero-order chi connectivity index (χ0) is 15.9. The first-order valence-corrected chi connectivity index (χ1v) is 7.04. The summed E-state index contributed by atoms with van der Waals surface area (Å²) in [6, 6.07) is 6.57. The molecule has 0 saturated carbocycles. The molecule has 1 aliphatic rings. The van der Waals surface area contributed by atoms with Crippen molar-refractivity contribution in [3.05, 3.63) is 52.0 Å². The number of hydrogen-bond donors (Lipinski definition) is 0. The van der Waals surface area contributed by atoms with Gasteiger partial charge in [0.2, 0.25) is 17.3 Å². The van der Waals surface area contributed by atoms with Crippen LogP contribution in [0.25, 0.3) is 0 Å². The first kappa shape index (κ1) is 14.4. The van der Waals surface area contributed by atoms with Crippen LogP contribution in [-0.4, -0.2) is 46.9 Å². The van der Waals surface area contributed by atoms with Crippen molar-refractivity contribution in [1.29, 1.82) is 0 Å². The molecule has 0 fully saturated rings. The maximum atomic E-state index is 12.6. The average Bonchev–Trinajstić information content (AvgIpc) is 2.82. The Hall–Kier alpha value is -2.54. The van der Waals surface area contributed by atoms with Crippen LogP contribution in [0.3, 0.4) is 0 Å². The van der Waals surface area contributed by atoms with Gasteiger partial charge in [-0.25, -0.2) is 0 Å². The Bertz CT molecular complexity index is 764. The Morgan fingerprint density at radius 1 is 1.18 bits per heavy atom. The quantitative estimate of drug-likeness (QED) is 0.509. The van der Waals surface area contributed by atoms with Gasteiger partial charge in [-0.1, -0.05) is 24.3 Å². The van der Waals surface area contributed by atoms with Crippen LogP contribution in [0.1, 0.15) is 38.5 Å². The third-order valence-electron chi connectivity index (χ3n) is 3.70. The Kier molecular flexibility index (Phi) is 3.50. The second-order valence-corrected chi connectivity index (χ2v) is 5.53. The summed E-state index contributed by atoms with van der Waals surface area (Å²) >= 11 is 0. The van der Waals surface area contributed by atoms with Crippen molar-refractivity contribution in [3.8, 4) is 0 Å². The first-order valence-electron chi connectivity index (χ1n) is 7.04. The van der Waals surface area contributed by atoms with Gasteiger partial charge in [0.1, 0.15) is 0 Å². The monoisotopic (exact) mass is 300 g/mol. The summed E-state index contributed by atoms with van der Waals surface area (Å²) < 4.78 is 1.25. The van der Waals surface area contributed by atoms with Crippen LogP contribution < -0.4 is 4.96 Å². The molecule has 1 aliphatic carbocycles. The molecule has 7 heteroatoms. The summed E-state index contributed by atoms with van der Waals surface area (Å²) in [6.45, 7) is 1.11. The van der Waals surface area contributed by atoms with Crippen molar-refractivity contribution < 1.29 is 14.5 Å². The number of benzene rings is 1. The van der Waals surface area contributed by atoms with Crippen molar-refractivity contribution in [2.24, 2.45) is 0 Å². The van der Waals surface area contributed by atoms with Gasteiger partial charge in [0.25, 0.3) is 0 Å². The van der Waals surface area contributed by atoms with Gasteiger partial charge in [-0.2, -0.15) is 0 Å². The molecule has 0 N–H and O–H groups in total. The fourth-order valence-corrected chi connectivity index (χ4v) is 2.64. The third-order valence-corrected chi connectivity index (χ3v) is 3.70. The van der Waals surface area contributed by atoms with E-state index < -0.39 is 0 Å². The predicted molar refractivity (Wildman–Crippen MR) is 77.7 cm³/mol. The molecule has 2 aromatic rings. The fraction of sp³-hybridized carbons (Fsp3) is 0.333. The van der Waals surface area contributed by atoms with Gasteiger partial charge in [0.05, 0.1) is 6.54 Å². The molecule has 3 rings (SSSR count). The van der Waals surface area contributed by atoms with Gasteiger partial charge >= 0.3 is 0 Å². The molecule has 0 bridgehead atoms. The Morgan fingerprint density at radius 3 is 2.45 bits per heavy atom. The van der Waals surface area contributed by atoms with Gasteiger partial charge in [0.15, 0.2) is 5.69 Å². The van der Waals surface area contributed by atoms with Gasteiger partial charge < -0.3 is 10.1 Å². The maximum absolute atomic E-state index is 12.6. The molecular weight excluding hydrogens is 284 g/mol. The number of hydrogen-bond acceptors (Lipinski definition) is 5. The topological polar surface area (TPSA) is 82.1 Å². The Labute approximate surface area is 127 Å². The lowest BCUT2D eigenvalue weighted by molar-refractivity contribution is -0.749. The smallest absolute Gasteiger partial charge is 0.220 e. The van der Waals surface area contributed by atoms with Gasteiger partial charge in [-0.15, -0.1) is 4.68 Å². The van der Waals surface area contributed by atoms with Crippen LogP contribution in [0.5, 0.6) is 0 Å². The minimum atomic E-state index is -0.374. The molecule has 0 atom stereocenters. The van der Waals surface area contributed by atoms with E-state index in [1.54, 1.807) is 24.3 Å². The Balaban J connectivity index is 2.02. The second kappa shape index (κ2) is 5.34. The molecule has 0 spiro atoms. The van der Waals surface area contributed by atoms with E-state index >= 15 is 0 Å². The lowest BCUT2D eigenvalue weighted by Gasteiger charge is -2.13. The molecule has 0 unspecified atom stereocenters. The molecule has 0 aliphatic heterocycles. The Morgan fingerprint density at radius 2 is 1.82 bits per heavy atom. The highest BCUT2D eigenvalue weighted by Gasteiger charge is 2.38. The van der Waals surface area contributed by atoms with Crippen molar-refractivity contribution >= 4 is 11.6 Å². The third kappa shape index (κ3) is 2.19. The molecule has 0 saturated heterocycles. The SMILES string of the molecule is CN(C)CCCn1c2c(n[n+]1[O-])C(=O)c1ccccc1C2=O. The van der Waals surface area contributed by atoms with Crippen LogP contribution in [0.15, 0.2) is 24.3 Å². The summed E-state index contributed by atoms with van der Waals surface area (Å²) in [4.78, 5) is 27.4. The summed E-state index contributed by atoms with van der Waals surface area (Å²) in [5.74, 6) is -0.696. The average molecular weight is 300 g/mol. The molecule has 1 heterocycles. The summed E-state index contributed by atoms with van der Waals surface area (Å²) in [5.41, 5.74) is 0.675. The van der Waals surface area contributed by atoms with E-state index in [2.05, 4.69) is 5.10 Å². The summed E-state index contributed by atoms with van der Waals surface area (Å²) in [6.07, 6.45) is 0.682. The number of fused-ring (bicyclic) bond motifs is 2. The zero-order valence-electron chi connectivity index (χ0n) is 12.4. The van der Waals surface area contributed by atoms with E-state index in [1.807, 2.05) is 19.0 Å². The maximum Gasteiger partial charge on any atom is 0.220 e. The second-order valence-electron chi connectivity index (χ2n) is 5.53. The number of aromatic nitrogens is 3. The van der Waals surface area contributed by atoms with Crippen LogP contribution in [0, 0.1) is 5.21 Å². The molecule has 114 valence electrons. The van der Waals surface area contributed by atoms with E-state index in [9.17, 15) is 14.8 Å². The predicted octanol–water partition coefficient (Wildman–Crippen LogP) is 0.244. The van der Waals surface area contributed by atoms with Gasteiger partial charge in [-0.05, 0) is 27.1 Å². The molecule has 0 radical (unpaired) electrons. The van der Waals surface area contributed by atoms with Gasteiger partial charge in [-0.3, -0.25) is 9.59 Å². The van der Waals surface area contributed by atoms with Crippen molar-refractivity contribution in [2.45, 2.75) is 13.0 Å². The molecular formula is C15H16N4O3. The number of nitrogens with zero attached hydrogens (tertiary/aromatic N) is 4. The fourth-order valence-electron chi connectivity index (χ4n) is 2.64. The first-order chi connectivity index (χ1) is 10.5. The van der Waals surface area contributed by atoms with Crippen LogP contribution in [0.2, 0.25) is 0 Å². The standard InChI is InChI=1S/C15H16N4O3/c1-17(2)8-5-9-18-13-12(16-19(18)22)14(20)10-6-3-4-7-11(10)15(13)21/h3-4,6-7H,5,8-9H2,1-2H3. The summed E-state index contributed by atoms with van der Waals surface area (Å²) in [5, 5.41) is 15.7. The number of rotatable bonds is 4. The van der Waals surface area contributed by atoms with E-state index in [0.717, 1.165) is 6.54 Å². The number of carbonyl (C=O) groups excluding carboxylic acids is 2. The summed E-state index contributed by atoms with van der Waals surface area (Å²) in [7, 11) is 3.86. The zero-order valence-corrected chi connectivity index (χ0v) is 12.4. The molecule has 1 aromatic carbocycles. The molecule has 7 nitrogen and oxygen atoms in total. The van der Waals surface area contributed by atoms with Crippen LogP contribution in [-0.2, 0) is 6.54 Å². The lowest BCUT2D eigenvalue weighted by atomic mass is 9.90. The van der Waals surface area contributed by atoms with Crippen LogP contribution >= 0.6 is 0 Å². The van der Waals surface area contributed by atoms with E-state index in [0.29, 0.717) is 29.1 Å². The number of carbonyl (C=O) groups is 2. The largest absolute Gasteiger partial charge is 0.571 e. The van der Waals surface area contributed by atoms with Crippen molar-refractivity contribution in [1.82, 2.24) is 14.7 Å². The van der Waals surface area contributed by atoms with E-state index in [4.69, 9.17) is 0 Å². The highest BCUT2D eigenvalue weighted by molar-refractivity contribution is 6.26. The van der Waals surface area contributed by atoms with E-state index in [1.165, 1.54) is 4.68 Å². The molecule has 0 amide bonds.